The number of aromatic nitrogens is 2. The molecule has 0 fully saturated rings. The van der Waals surface area contributed by atoms with E-state index >= 15 is 0 Å². The topological polar surface area (TPSA) is 71.2 Å². The molecule has 1 aromatic heterocycles. The first-order valence-corrected chi connectivity index (χ1v) is 7.55. The summed E-state index contributed by atoms with van der Waals surface area (Å²) in [5, 5.41) is 16.0. The van der Waals surface area contributed by atoms with Crippen molar-refractivity contribution in [2.45, 2.75) is 38.6 Å². The van der Waals surface area contributed by atoms with Crippen LogP contribution in [0.2, 0.25) is 0 Å². The maximum Gasteiger partial charge on any atom is 0.240 e. The van der Waals surface area contributed by atoms with E-state index in [9.17, 15) is 0 Å². The molecule has 0 saturated heterocycles. The third-order valence-corrected chi connectivity index (χ3v) is 3.25. The van der Waals surface area contributed by atoms with E-state index in [4.69, 9.17) is 9.63 Å². The highest BCUT2D eigenvalue weighted by atomic mass is 16.5. The molecule has 2 rings (SSSR count). The molecule has 0 bridgehead atoms. The first kappa shape index (κ1) is 15.7. The first-order valence-electron chi connectivity index (χ1n) is 7.55. The number of hydrogen-bond acceptors (Lipinski definition) is 5. The molecule has 0 aliphatic rings. The Hall–Kier alpha value is -1.72. The number of aliphatic hydroxyl groups excluding tert-OH is 1. The summed E-state index contributed by atoms with van der Waals surface area (Å²) in [5.41, 5.74) is 1.18. The fourth-order valence-corrected chi connectivity index (χ4v) is 2.12. The van der Waals surface area contributed by atoms with Gasteiger partial charge in [0.15, 0.2) is 5.82 Å². The van der Waals surface area contributed by atoms with E-state index in [-0.39, 0.29) is 0 Å². The second-order valence-corrected chi connectivity index (χ2v) is 5.08. The van der Waals surface area contributed by atoms with Crippen LogP contribution in [0.4, 0.5) is 0 Å². The molecule has 0 radical (unpaired) electrons. The zero-order valence-electron chi connectivity index (χ0n) is 12.3. The standard InChI is InChI=1S/C16H23N3O2/c20-11-7-2-1-6-10-17-13-16-18-15(19-21-16)12-14-8-4-3-5-9-14/h3-5,8-9,17,20H,1-2,6-7,10-13H2. The van der Waals surface area contributed by atoms with Crippen LogP contribution in [0.3, 0.4) is 0 Å². The molecule has 1 aromatic carbocycles. The van der Waals surface area contributed by atoms with Crippen LogP contribution in [-0.4, -0.2) is 28.4 Å². The van der Waals surface area contributed by atoms with Gasteiger partial charge in [-0.3, -0.25) is 0 Å². The molecule has 21 heavy (non-hydrogen) atoms. The number of nitrogens with zero attached hydrogens (tertiary/aromatic N) is 2. The van der Waals surface area contributed by atoms with Crippen LogP contribution < -0.4 is 5.32 Å². The van der Waals surface area contributed by atoms with Crippen LogP contribution in [0.1, 0.15) is 43.0 Å². The average Bonchev–Trinajstić information content (AvgIpc) is 2.95. The van der Waals surface area contributed by atoms with Gasteiger partial charge in [0.1, 0.15) is 0 Å². The molecular weight excluding hydrogens is 266 g/mol. The molecule has 0 amide bonds. The second-order valence-electron chi connectivity index (χ2n) is 5.08. The Morgan fingerprint density at radius 1 is 1.05 bits per heavy atom. The first-order chi connectivity index (χ1) is 10.4. The van der Waals surface area contributed by atoms with Crippen molar-refractivity contribution in [3.63, 3.8) is 0 Å². The van der Waals surface area contributed by atoms with Crippen LogP contribution >= 0.6 is 0 Å². The Labute approximate surface area is 125 Å². The summed E-state index contributed by atoms with van der Waals surface area (Å²) in [6.45, 7) is 1.84. The third-order valence-electron chi connectivity index (χ3n) is 3.25. The minimum Gasteiger partial charge on any atom is -0.396 e. The molecule has 5 nitrogen and oxygen atoms in total. The molecule has 5 heteroatoms. The van der Waals surface area contributed by atoms with Crippen molar-refractivity contribution in [1.29, 1.82) is 0 Å². The fourth-order valence-electron chi connectivity index (χ4n) is 2.12. The number of benzene rings is 1. The van der Waals surface area contributed by atoms with E-state index < -0.39 is 0 Å². The number of hydrogen-bond donors (Lipinski definition) is 2. The highest BCUT2D eigenvalue weighted by Gasteiger charge is 2.06. The van der Waals surface area contributed by atoms with Gasteiger partial charge in [-0.05, 0) is 24.9 Å². The van der Waals surface area contributed by atoms with Crippen molar-refractivity contribution in [2.75, 3.05) is 13.2 Å². The van der Waals surface area contributed by atoms with Crippen molar-refractivity contribution >= 4 is 0 Å². The lowest BCUT2D eigenvalue weighted by molar-refractivity contribution is 0.282. The van der Waals surface area contributed by atoms with Gasteiger partial charge >= 0.3 is 0 Å². The zero-order valence-corrected chi connectivity index (χ0v) is 12.3. The molecule has 0 saturated carbocycles. The zero-order chi connectivity index (χ0) is 14.8. The van der Waals surface area contributed by atoms with Crippen molar-refractivity contribution in [3.05, 3.63) is 47.6 Å². The summed E-state index contributed by atoms with van der Waals surface area (Å²) < 4.78 is 5.23. The summed E-state index contributed by atoms with van der Waals surface area (Å²) in [4.78, 5) is 4.38. The Balaban J connectivity index is 1.64. The van der Waals surface area contributed by atoms with E-state index in [1.807, 2.05) is 18.2 Å². The van der Waals surface area contributed by atoms with Crippen LogP contribution in [0.15, 0.2) is 34.9 Å². The number of nitrogens with one attached hydrogen (secondary N) is 1. The van der Waals surface area contributed by atoms with E-state index in [2.05, 4.69) is 27.6 Å². The van der Waals surface area contributed by atoms with E-state index in [0.29, 0.717) is 25.5 Å². The van der Waals surface area contributed by atoms with Crippen LogP contribution in [0.25, 0.3) is 0 Å². The number of rotatable bonds is 10. The molecule has 1 heterocycles. The second kappa shape index (κ2) is 9.26. The average molecular weight is 289 g/mol. The van der Waals surface area contributed by atoms with Crippen LogP contribution in [-0.2, 0) is 13.0 Å². The van der Waals surface area contributed by atoms with Gasteiger partial charge in [-0.2, -0.15) is 4.98 Å². The van der Waals surface area contributed by atoms with Gasteiger partial charge in [0.05, 0.1) is 6.54 Å². The molecule has 0 aliphatic heterocycles. The fraction of sp³-hybridized carbons (Fsp3) is 0.500. The number of aliphatic hydroxyl groups is 1. The summed E-state index contributed by atoms with van der Waals surface area (Å²) in [6, 6.07) is 10.1. The summed E-state index contributed by atoms with van der Waals surface area (Å²) in [6.07, 6.45) is 4.92. The molecule has 0 unspecified atom stereocenters. The quantitative estimate of drug-likeness (QED) is 0.657. The minimum atomic E-state index is 0.291. The predicted octanol–water partition coefficient (Wildman–Crippen LogP) is 2.30. The Morgan fingerprint density at radius 3 is 2.67 bits per heavy atom. The molecule has 0 atom stereocenters. The predicted molar refractivity (Wildman–Crippen MR) is 80.8 cm³/mol. The number of unbranched alkanes of at least 4 members (excludes halogenated alkanes) is 3. The van der Waals surface area contributed by atoms with E-state index in [1.54, 1.807) is 0 Å². The van der Waals surface area contributed by atoms with Gasteiger partial charge in [-0.15, -0.1) is 0 Å². The van der Waals surface area contributed by atoms with Gasteiger partial charge in [-0.25, -0.2) is 0 Å². The maximum atomic E-state index is 8.68. The summed E-state index contributed by atoms with van der Waals surface area (Å²) >= 11 is 0. The van der Waals surface area contributed by atoms with E-state index in [1.165, 1.54) is 5.56 Å². The molecule has 114 valence electrons. The largest absolute Gasteiger partial charge is 0.396 e. The van der Waals surface area contributed by atoms with Gasteiger partial charge in [0, 0.05) is 13.0 Å². The molecule has 0 spiro atoms. The Kier molecular flexibility index (Phi) is 6.91. The van der Waals surface area contributed by atoms with Crippen LogP contribution in [0, 0.1) is 0 Å². The molecular formula is C16H23N3O2. The lowest BCUT2D eigenvalue weighted by atomic mass is 10.1. The van der Waals surface area contributed by atoms with Crippen LogP contribution in [0.5, 0.6) is 0 Å². The Morgan fingerprint density at radius 2 is 1.86 bits per heavy atom. The highest BCUT2D eigenvalue weighted by Crippen LogP contribution is 2.06. The smallest absolute Gasteiger partial charge is 0.240 e. The molecule has 2 N–H and O–H groups in total. The van der Waals surface area contributed by atoms with Crippen molar-refractivity contribution in [1.82, 2.24) is 15.5 Å². The monoisotopic (exact) mass is 289 g/mol. The van der Waals surface area contributed by atoms with Crippen molar-refractivity contribution < 1.29 is 9.63 Å². The van der Waals surface area contributed by atoms with Crippen molar-refractivity contribution in [2.24, 2.45) is 0 Å². The minimum absolute atomic E-state index is 0.291. The van der Waals surface area contributed by atoms with Gasteiger partial charge < -0.3 is 14.9 Å². The maximum absolute atomic E-state index is 8.68. The van der Waals surface area contributed by atoms with Crippen molar-refractivity contribution in [3.8, 4) is 0 Å². The lowest BCUT2D eigenvalue weighted by Crippen LogP contribution is -2.14. The summed E-state index contributed by atoms with van der Waals surface area (Å²) in [5.74, 6) is 1.36. The third kappa shape index (κ3) is 6.06. The normalized spacial score (nSPS) is 10.9. The molecule has 2 aromatic rings. The Bertz CT molecular complexity index is 499. The lowest BCUT2D eigenvalue weighted by Gasteiger charge is -2.01. The van der Waals surface area contributed by atoms with Gasteiger partial charge in [-0.1, -0.05) is 48.3 Å². The highest BCUT2D eigenvalue weighted by molar-refractivity contribution is 5.18. The van der Waals surface area contributed by atoms with E-state index in [0.717, 1.165) is 38.1 Å². The SMILES string of the molecule is OCCCCCCNCc1nc(Cc2ccccc2)no1. The van der Waals surface area contributed by atoms with Gasteiger partial charge in [0.2, 0.25) is 5.89 Å². The van der Waals surface area contributed by atoms with Gasteiger partial charge in [0.25, 0.3) is 0 Å². The molecule has 0 aliphatic carbocycles. The summed E-state index contributed by atoms with van der Waals surface area (Å²) in [7, 11) is 0.